The number of hydrogen-bond acceptors (Lipinski definition) is 7. The lowest BCUT2D eigenvalue weighted by atomic mass is 10.1. The van der Waals surface area contributed by atoms with Gasteiger partial charge in [0.15, 0.2) is 0 Å². The normalized spacial score (nSPS) is 11.4. The number of anilines is 1. The molecule has 0 saturated heterocycles. The molecule has 0 amide bonds. The fourth-order valence-electron chi connectivity index (χ4n) is 3.72. The third-order valence-corrected chi connectivity index (χ3v) is 6.95. The Labute approximate surface area is 205 Å². The summed E-state index contributed by atoms with van der Waals surface area (Å²) in [6.45, 7) is 0.658. The van der Waals surface area contributed by atoms with Gasteiger partial charge in [-0.05, 0) is 42.7 Å². The minimum absolute atomic E-state index is 0.0147. The molecule has 0 fully saturated rings. The standard InChI is InChI=1S/C26H28N4O4S/c1-33-20-14-15-24(23(17-20)34-2)35(31,32)28-18-25-29-22-13-7-6-12-21(22)26(30-25)27-16-8-11-19-9-4-3-5-10-19/h3-7,9-10,12-15,17,28H,8,11,16,18H2,1-2H3,(H,27,29,30). The molecule has 9 heteroatoms. The summed E-state index contributed by atoms with van der Waals surface area (Å²) in [6.07, 6.45) is 1.88. The van der Waals surface area contributed by atoms with Crippen LogP contribution in [0.25, 0.3) is 10.9 Å². The van der Waals surface area contributed by atoms with Crippen LogP contribution in [0.2, 0.25) is 0 Å². The summed E-state index contributed by atoms with van der Waals surface area (Å²) in [5.41, 5.74) is 2.02. The Balaban J connectivity index is 1.49. The zero-order valence-corrected chi connectivity index (χ0v) is 20.5. The SMILES string of the molecule is COc1ccc(S(=O)(=O)NCc2nc(NCCCc3ccccc3)c3ccccc3n2)c(OC)c1. The van der Waals surface area contributed by atoms with E-state index in [1.807, 2.05) is 42.5 Å². The van der Waals surface area contributed by atoms with Gasteiger partial charge in [-0.3, -0.25) is 0 Å². The van der Waals surface area contributed by atoms with Gasteiger partial charge in [-0.1, -0.05) is 42.5 Å². The maximum atomic E-state index is 13.0. The molecule has 0 aliphatic rings. The van der Waals surface area contributed by atoms with Gasteiger partial charge in [0.1, 0.15) is 28.0 Å². The van der Waals surface area contributed by atoms with Crippen molar-refractivity contribution < 1.29 is 17.9 Å². The average molecular weight is 493 g/mol. The van der Waals surface area contributed by atoms with E-state index in [1.165, 1.54) is 31.9 Å². The van der Waals surface area contributed by atoms with Crippen LogP contribution in [0, 0.1) is 0 Å². The first-order chi connectivity index (χ1) is 17.0. The van der Waals surface area contributed by atoms with E-state index in [0.29, 0.717) is 17.4 Å². The summed E-state index contributed by atoms with van der Waals surface area (Å²) in [4.78, 5) is 9.18. The van der Waals surface area contributed by atoms with Crippen LogP contribution in [0.4, 0.5) is 5.82 Å². The Morgan fingerprint density at radius 3 is 2.43 bits per heavy atom. The van der Waals surface area contributed by atoms with E-state index in [1.54, 1.807) is 6.07 Å². The summed E-state index contributed by atoms with van der Waals surface area (Å²) in [6, 6.07) is 22.5. The third kappa shape index (κ3) is 6.06. The zero-order valence-electron chi connectivity index (χ0n) is 19.7. The molecule has 0 saturated carbocycles. The van der Waals surface area contributed by atoms with Gasteiger partial charge in [0.05, 0.1) is 26.3 Å². The zero-order chi connectivity index (χ0) is 24.7. The van der Waals surface area contributed by atoms with Crippen LogP contribution in [-0.4, -0.2) is 39.2 Å². The number of hydrogen-bond donors (Lipinski definition) is 2. The molecule has 0 spiro atoms. The van der Waals surface area contributed by atoms with Gasteiger partial charge in [-0.25, -0.2) is 23.1 Å². The van der Waals surface area contributed by atoms with E-state index in [9.17, 15) is 8.42 Å². The lowest BCUT2D eigenvalue weighted by Gasteiger charge is -2.13. The van der Waals surface area contributed by atoms with Crippen molar-refractivity contribution in [1.29, 1.82) is 0 Å². The van der Waals surface area contributed by atoms with E-state index in [2.05, 4.69) is 32.1 Å². The molecule has 3 aromatic carbocycles. The highest BCUT2D eigenvalue weighted by Crippen LogP contribution is 2.28. The maximum Gasteiger partial charge on any atom is 0.244 e. The summed E-state index contributed by atoms with van der Waals surface area (Å²) in [5.74, 6) is 1.74. The molecule has 182 valence electrons. The summed E-state index contributed by atoms with van der Waals surface area (Å²) >= 11 is 0. The largest absolute Gasteiger partial charge is 0.497 e. The van der Waals surface area contributed by atoms with Gasteiger partial charge in [0.25, 0.3) is 0 Å². The van der Waals surface area contributed by atoms with E-state index >= 15 is 0 Å². The molecule has 0 aliphatic carbocycles. The Morgan fingerprint density at radius 1 is 0.886 bits per heavy atom. The number of benzene rings is 3. The first-order valence-electron chi connectivity index (χ1n) is 11.3. The van der Waals surface area contributed by atoms with Gasteiger partial charge >= 0.3 is 0 Å². The number of ether oxygens (including phenoxy) is 2. The van der Waals surface area contributed by atoms with Crippen molar-refractivity contribution in [3.8, 4) is 11.5 Å². The van der Waals surface area contributed by atoms with Crippen LogP contribution >= 0.6 is 0 Å². The molecule has 2 N–H and O–H groups in total. The Kier molecular flexibility index (Phi) is 7.79. The number of fused-ring (bicyclic) bond motifs is 1. The molecule has 4 rings (SSSR count). The van der Waals surface area contributed by atoms with Crippen LogP contribution < -0.4 is 19.5 Å². The third-order valence-electron chi connectivity index (χ3n) is 5.51. The van der Waals surface area contributed by atoms with E-state index in [-0.39, 0.29) is 17.2 Å². The van der Waals surface area contributed by atoms with E-state index in [4.69, 9.17) is 9.47 Å². The highest BCUT2D eigenvalue weighted by atomic mass is 32.2. The molecule has 0 bridgehead atoms. The first-order valence-corrected chi connectivity index (χ1v) is 12.7. The van der Waals surface area contributed by atoms with Crippen LogP contribution in [0.1, 0.15) is 17.8 Å². The molecular weight excluding hydrogens is 464 g/mol. The van der Waals surface area contributed by atoms with Gasteiger partial charge in [0.2, 0.25) is 10.0 Å². The quantitative estimate of drug-likeness (QED) is 0.303. The monoisotopic (exact) mass is 492 g/mol. The first kappa shape index (κ1) is 24.4. The van der Waals surface area contributed by atoms with Gasteiger partial charge in [-0.2, -0.15) is 0 Å². The molecule has 0 unspecified atom stereocenters. The second-order valence-corrected chi connectivity index (χ2v) is 9.60. The minimum atomic E-state index is -3.87. The maximum absolute atomic E-state index is 13.0. The smallest absolute Gasteiger partial charge is 0.244 e. The second-order valence-electron chi connectivity index (χ2n) is 7.86. The van der Waals surface area contributed by atoms with Gasteiger partial charge in [0, 0.05) is 18.0 Å². The highest BCUT2D eigenvalue weighted by molar-refractivity contribution is 7.89. The molecule has 0 radical (unpaired) electrons. The number of nitrogens with zero attached hydrogens (tertiary/aromatic N) is 2. The fraction of sp³-hybridized carbons (Fsp3) is 0.231. The molecular formula is C26H28N4O4S. The van der Waals surface area contributed by atoms with Crippen molar-refractivity contribution in [3.05, 3.63) is 84.2 Å². The molecule has 1 aromatic heterocycles. The van der Waals surface area contributed by atoms with Crippen molar-refractivity contribution in [3.63, 3.8) is 0 Å². The topological polar surface area (TPSA) is 102 Å². The molecule has 8 nitrogen and oxygen atoms in total. The summed E-state index contributed by atoms with van der Waals surface area (Å²) < 4.78 is 38.9. The predicted molar refractivity (Wildman–Crippen MR) is 136 cm³/mol. The second kappa shape index (κ2) is 11.2. The van der Waals surface area contributed by atoms with Crippen molar-refractivity contribution in [2.45, 2.75) is 24.3 Å². The van der Waals surface area contributed by atoms with Crippen molar-refractivity contribution in [2.24, 2.45) is 0 Å². The Bertz CT molecular complexity index is 1400. The molecule has 1 heterocycles. The van der Waals surface area contributed by atoms with Gasteiger partial charge in [-0.15, -0.1) is 0 Å². The van der Waals surface area contributed by atoms with Crippen molar-refractivity contribution >= 4 is 26.7 Å². The Hall–Kier alpha value is -3.69. The van der Waals surface area contributed by atoms with Crippen molar-refractivity contribution in [1.82, 2.24) is 14.7 Å². The number of para-hydroxylation sites is 1. The highest BCUT2D eigenvalue weighted by Gasteiger charge is 2.21. The number of sulfonamides is 1. The van der Waals surface area contributed by atoms with Crippen LogP contribution in [-0.2, 0) is 23.0 Å². The summed E-state index contributed by atoms with van der Waals surface area (Å²) in [5, 5.41) is 4.28. The fourth-order valence-corrected chi connectivity index (χ4v) is 4.85. The molecule has 0 atom stereocenters. The number of methoxy groups -OCH3 is 2. The van der Waals surface area contributed by atoms with Gasteiger partial charge < -0.3 is 14.8 Å². The summed E-state index contributed by atoms with van der Waals surface area (Å²) in [7, 11) is -0.957. The number of rotatable bonds is 11. The molecule has 35 heavy (non-hydrogen) atoms. The van der Waals surface area contributed by atoms with Crippen molar-refractivity contribution in [2.75, 3.05) is 26.1 Å². The van der Waals surface area contributed by atoms with Crippen LogP contribution in [0.15, 0.2) is 77.7 Å². The van der Waals surface area contributed by atoms with Crippen LogP contribution in [0.3, 0.4) is 0 Å². The van der Waals surface area contributed by atoms with E-state index in [0.717, 1.165) is 30.3 Å². The molecule has 0 aliphatic heterocycles. The number of aromatic nitrogens is 2. The number of nitrogens with one attached hydrogen (secondary N) is 2. The van der Waals surface area contributed by atoms with E-state index < -0.39 is 10.0 Å². The average Bonchev–Trinajstić information content (AvgIpc) is 2.90. The Morgan fingerprint density at radius 2 is 1.66 bits per heavy atom. The van der Waals surface area contributed by atoms with Crippen LogP contribution in [0.5, 0.6) is 11.5 Å². The number of aryl methyl sites for hydroxylation is 1. The predicted octanol–water partition coefficient (Wildman–Crippen LogP) is 4.17. The molecule has 4 aromatic rings. The lowest BCUT2D eigenvalue weighted by Crippen LogP contribution is -2.25. The lowest BCUT2D eigenvalue weighted by molar-refractivity contribution is 0.386. The minimum Gasteiger partial charge on any atom is -0.497 e.